The molecule has 0 aliphatic carbocycles. The Hall–Kier alpha value is -3.29. The minimum Gasteiger partial charge on any atom is -0.354 e. The number of nitrogens with one attached hydrogen (secondary N) is 2. The summed E-state index contributed by atoms with van der Waals surface area (Å²) >= 11 is 11.8. The molecule has 170 valence electrons. The lowest BCUT2D eigenvalue weighted by Crippen LogP contribution is -2.13. The maximum absolute atomic E-state index is 13.9. The maximum Gasteiger partial charge on any atom is 0.415 e. The lowest BCUT2D eigenvalue weighted by molar-refractivity contribution is -0.0877. The lowest BCUT2D eigenvalue weighted by Gasteiger charge is -2.15. The summed E-state index contributed by atoms with van der Waals surface area (Å²) in [5.74, 6) is -1.31. The molecule has 1 amide bonds. The molecule has 0 saturated carbocycles. The zero-order chi connectivity index (χ0) is 24.2. The Kier molecular flexibility index (Phi) is 7.46. The molecule has 3 nitrogen and oxygen atoms in total. The smallest absolute Gasteiger partial charge is 0.354 e. The van der Waals surface area contributed by atoms with Crippen molar-refractivity contribution in [1.29, 1.82) is 0 Å². The van der Waals surface area contributed by atoms with Gasteiger partial charge in [0.05, 0.1) is 22.0 Å². The van der Waals surface area contributed by atoms with Crippen molar-refractivity contribution in [3.8, 4) is 0 Å². The Morgan fingerprint density at radius 1 is 0.879 bits per heavy atom. The van der Waals surface area contributed by atoms with E-state index in [1.807, 2.05) is 0 Å². The van der Waals surface area contributed by atoms with Crippen LogP contribution in [0.2, 0.25) is 10.0 Å². The number of hydrogen-bond acceptors (Lipinski definition) is 2. The number of amides is 1. The van der Waals surface area contributed by atoms with Crippen molar-refractivity contribution < 1.29 is 22.4 Å². The molecule has 9 heteroatoms. The summed E-state index contributed by atoms with van der Waals surface area (Å²) in [6.45, 7) is 3.08. The highest BCUT2D eigenvalue weighted by Crippen LogP contribution is 2.31. The molecule has 0 aromatic heterocycles. The fourth-order valence-corrected chi connectivity index (χ4v) is 3.08. The second kappa shape index (κ2) is 10.1. The summed E-state index contributed by atoms with van der Waals surface area (Å²) in [6.07, 6.45) is -3.78. The number of allylic oxidation sites excluding steroid dienone is 2. The molecule has 0 spiro atoms. The molecule has 33 heavy (non-hydrogen) atoms. The quantitative estimate of drug-likeness (QED) is 0.269. The van der Waals surface area contributed by atoms with E-state index in [0.717, 1.165) is 12.1 Å². The van der Waals surface area contributed by atoms with Crippen molar-refractivity contribution >= 4 is 46.2 Å². The fourth-order valence-electron chi connectivity index (χ4n) is 2.74. The Morgan fingerprint density at radius 3 is 2.12 bits per heavy atom. The fraction of sp³-hybridized carbons (Fsp3) is 0.0417. The molecule has 0 fully saturated rings. The van der Waals surface area contributed by atoms with Gasteiger partial charge in [-0.05, 0) is 54.1 Å². The molecule has 2 N–H and O–H groups in total. The van der Waals surface area contributed by atoms with Crippen molar-refractivity contribution in [3.05, 3.63) is 112 Å². The first-order valence-electron chi connectivity index (χ1n) is 9.41. The summed E-state index contributed by atoms with van der Waals surface area (Å²) in [4.78, 5) is 12.5. The van der Waals surface area contributed by atoms with Gasteiger partial charge < -0.3 is 10.6 Å². The summed E-state index contributed by atoms with van der Waals surface area (Å²) in [6, 6.07) is 16.1. The van der Waals surface area contributed by atoms with Gasteiger partial charge in [0.25, 0.3) is 5.91 Å². The predicted molar refractivity (Wildman–Crippen MR) is 124 cm³/mol. The van der Waals surface area contributed by atoms with Crippen molar-refractivity contribution in [2.45, 2.75) is 6.18 Å². The van der Waals surface area contributed by atoms with Gasteiger partial charge in [0.2, 0.25) is 0 Å². The number of para-hydroxylation sites is 1. The highest BCUT2D eigenvalue weighted by Gasteiger charge is 2.30. The molecule has 0 saturated heterocycles. The van der Waals surface area contributed by atoms with Gasteiger partial charge in [-0.1, -0.05) is 54.0 Å². The molecule has 0 bridgehead atoms. The zero-order valence-corrected chi connectivity index (χ0v) is 18.3. The van der Waals surface area contributed by atoms with E-state index in [0.29, 0.717) is 16.3 Å². The number of carbonyl (C=O) groups is 1. The molecule has 0 aliphatic heterocycles. The van der Waals surface area contributed by atoms with Crippen LogP contribution in [0.5, 0.6) is 0 Å². The van der Waals surface area contributed by atoms with Gasteiger partial charge in [0.1, 0.15) is 5.82 Å². The second-order valence-corrected chi connectivity index (χ2v) is 7.69. The van der Waals surface area contributed by atoms with E-state index in [4.69, 9.17) is 23.2 Å². The first-order chi connectivity index (χ1) is 15.5. The van der Waals surface area contributed by atoms with Crippen molar-refractivity contribution in [1.82, 2.24) is 0 Å². The number of halogens is 6. The van der Waals surface area contributed by atoms with Gasteiger partial charge in [-0.15, -0.1) is 0 Å². The van der Waals surface area contributed by atoms with Crippen molar-refractivity contribution in [2.75, 3.05) is 10.6 Å². The second-order valence-electron chi connectivity index (χ2n) is 6.84. The monoisotopic (exact) mass is 494 g/mol. The summed E-state index contributed by atoms with van der Waals surface area (Å²) < 4.78 is 53.2. The number of alkyl halides is 3. The van der Waals surface area contributed by atoms with E-state index in [1.54, 1.807) is 24.3 Å². The van der Waals surface area contributed by atoms with Gasteiger partial charge in [0, 0.05) is 16.3 Å². The number of carbonyl (C=O) groups excluding carboxylic acids is 1. The molecule has 0 radical (unpaired) electrons. The molecule has 0 heterocycles. The highest BCUT2D eigenvalue weighted by molar-refractivity contribution is 6.33. The first-order valence-corrected chi connectivity index (χ1v) is 10.2. The van der Waals surface area contributed by atoms with Gasteiger partial charge in [-0.3, -0.25) is 4.79 Å². The standard InChI is InChI=1S/C24H16Cl2F4N2O/c1-14(24(28,29)30)12-22(31-20-5-3-2-4-18(20)26)15-6-8-16(9-7-15)23(33)32-21-11-10-17(25)13-19(21)27/h2-13,31H,1H2,(H,32,33)/b22-12-. The van der Waals surface area contributed by atoms with Gasteiger partial charge >= 0.3 is 6.18 Å². The van der Waals surface area contributed by atoms with Crippen LogP contribution in [0, 0.1) is 5.82 Å². The van der Waals surface area contributed by atoms with E-state index in [1.165, 1.54) is 36.4 Å². The van der Waals surface area contributed by atoms with Crippen molar-refractivity contribution in [2.24, 2.45) is 0 Å². The largest absolute Gasteiger partial charge is 0.415 e. The lowest BCUT2D eigenvalue weighted by atomic mass is 10.1. The van der Waals surface area contributed by atoms with Crippen molar-refractivity contribution in [3.63, 3.8) is 0 Å². The molecular formula is C24H16Cl2F4N2O. The van der Waals surface area contributed by atoms with E-state index < -0.39 is 23.5 Å². The minimum atomic E-state index is -4.63. The van der Waals surface area contributed by atoms with Gasteiger partial charge in [0.15, 0.2) is 0 Å². The molecule has 0 unspecified atom stereocenters. The normalized spacial score (nSPS) is 11.8. The van der Waals surface area contributed by atoms with Gasteiger partial charge in [-0.25, -0.2) is 4.39 Å². The first kappa shape index (κ1) is 24.4. The molecule has 0 aliphatic rings. The topological polar surface area (TPSA) is 41.1 Å². The van der Waals surface area contributed by atoms with Crippen LogP contribution >= 0.6 is 23.2 Å². The Morgan fingerprint density at radius 2 is 1.52 bits per heavy atom. The summed E-state index contributed by atoms with van der Waals surface area (Å²) in [7, 11) is 0. The van der Waals surface area contributed by atoms with E-state index in [-0.39, 0.29) is 22.0 Å². The third-order valence-electron chi connectivity index (χ3n) is 4.46. The Balaban J connectivity index is 1.88. The predicted octanol–water partition coefficient (Wildman–Crippen LogP) is 7.96. The third kappa shape index (κ3) is 6.37. The van der Waals surface area contributed by atoms with Crippen LogP contribution in [-0.4, -0.2) is 12.1 Å². The van der Waals surface area contributed by atoms with Crippen LogP contribution in [-0.2, 0) is 0 Å². The van der Waals surface area contributed by atoms with Crippen LogP contribution in [0.3, 0.4) is 0 Å². The molecule has 3 rings (SSSR count). The van der Waals surface area contributed by atoms with E-state index >= 15 is 0 Å². The Labute approximate surface area is 197 Å². The van der Waals surface area contributed by atoms with Crippen LogP contribution < -0.4 is 10.6 Å². The molecular weight excluding hydrogens is 479 g/mol. The number of hydrogen-bond donors (Lipinski definition) is 2. The zero-order valence-electron chi connectivity index (χ0n) is 16.8. The van der Waals surface area contributed by atoms with Crippen LogP contribution in [0.1, 0.15) is 15.9 Å². The van der Waals surface area contributed by atoms with Crippen LogP contribution in [0.4, 0.5) is 28.9 Å². The Bertz CT molecular complexity index is 1220. The maximum atomic E-state index is 13.9. The van der Waals surface area contributed by atoms with Gasteiger partial charge in [-0.2, -0.15) is 13.2 Å². The van der Waals surface area contributed by atoms with Crippen LogP contribution in [0.15, 0.2) is 85.0 Å². The highest BCUT2D eigenvalue weighted by atomic mass is 35.5. The SMILES string of the molecule is C=C(/C=C(\Nc1ccccc1Cl)c1ccc(C(=O)Nc2ccc(Cl)cc2F)cc1)C(F)(F)F. The number of rotatable bonds is 6. The van der Waals surface area contributed by atoms with E-state index in [2.05, 4.69) is 17.2 Å². The molecule has 3 aromatic rings. The minimum absolute atomic E-state index is 0.0593. The van der Waals surface area contributed by atoms with E-state index in [9.17, 15) is 22.4 Å². The average molecular weight is 495 g/mol. The van der Waals surface area contributed by atoms with Crippen LogP contribution in [0.25, 0.3) is 5.70 Å². The third-order valence-corrected chi connectivity index (χ3v) is 5.03. The number of benzene rings is 3. The summed E-state index contributed by atoms with van der Waals surface area (Å²) in [5, 5.41) is 5.78. The molecule has 0 atom stereocenters. The summed E-state index contributed by atoms with van der Waals surface area (Å²) in [5.41, 5.74) is -0.163. The average Bonchev–Trinajstić information content (AvgIpc) is 2.76. The number of anilines is 2. The molecule has 3 aromatic carbocycles.